The van der Waals surface area contributed by atoms with Gasteiger partial charge in [-0.1, -0.05) is 42.2 Å². The van der Waals surface area contributed by atoms with Gasteiger partial charge in [0.1, 0.15) is 12.2 Å². The van der Waals surface area contributed by atoms with Crippen molar-refractivity contribution in [1.82, 2.24) is 0 Å². The van der Waals surface area contributed by atoms with Crippen molar-refractivity contribution >= 4 is 67.9 Å². The Labute approximate surface area is 223 Å². The second-order valence-corrected chi connectivity index (χ2v) is 21.7. The van der Waals surface area contributed by atoms with E-state index in [9.17, 15) is 14.4 Å². The average molecular weight is 786 g/mol. The molecule has 14 heteroatoms. The van der Waals surface area contributed by atoms with E-state index < -0.39 is 17.8 Å². The molecule has 2 rings (SSSR count). The summed E-state index contributed by atoms with van der Waals surface area (Å²) in [6, 6.07) is 0. The van der Waals surface area contributed by atoms with E-state index in [4.69, 9.17) is 18.2 Å². The van der Waals surface area contributed by atoms with Gasteiger partial charge in [-0.25, -0.2) is 0 Å². The molecule has 0 aromatic rings. The summed E-state index contributed by atoms with van der Waals surface area (Å²) in [5, 5.41) is 17.4. The van der Waals surface area contributed by atoms with Gasteiger partial charge in [-0.15, -0.1) is 21.8 Å². The van der Waals surface area contributed by atoms with Crippen LogP contribution in [-0.2, 0) is 57.6 Å². The topological polar surface area (TPSA) is 149 Å². The molecule has 0 aromatic carbocycles. The van der Waals surface area contributed by atoms with E-state index in [-0.39, 0.29) is 43.5 Å². The molecule has 2 saturated heterocycles. The van der Waals surface area contributed by atoms with E-state index >= 15 is 0 Å². The predicted octanol–water partition coefficient (Wildman–Crippen LogP) is 1.72. The van der Waals surface area contributed by atoms with Crippen LogP contribution in [0.15, 0.2) is 0 Å². The van der Waals surface area contributed by atoms with Gasteiger partial charge in [-0.2, -0.15) is 0 Å². The minimum absolute atomic E-state index is 0.0967. The van der Waals surface area contributed by atoms with Crippen LogP contribution in [0.3, 0.4) is 0 Å². The predicted molar refractivity (Wildman–Crippen MR) is 128 cm³/mol. The zero-order valence-electron chi connectivity index (χ0n) is 18.2. The molecule has 2 aliphatic heterocycles. The number of aliphatic hydroxyl groups is 2. The summed E-state index contributed by atoms with van der Waals surface area (Å²) in [7, 11) is 2.69. The molecular weight excluding hydrogens is 754 g/mol. The maximum atomic E-state index is 10.4. The quantitative estimate of drug-likeness (QED) is 0.0804. The van der Waals surface area contributed by atoms with E-state index in [1.807, 2.05) is 22.6 Å². The van der Waals surface area contributed by atoms with E-state index in [1.54, 1.807) is 21.0 Å². The summed E-state index contributed by atoms with van der Waals surface area (Å²) in [6.07, 6.45) is -0.274. The fourth-order valence-electron chi connectivity index (χ4n) is 1.28. The van der Waals surface area contributed by atoms with Gasteiger partial charge < -0.3 is 29.2 Å². The van der Waals surface area contributed by atoms with Gasteiger partial charge in [-0.05, 0) is 0 Å². The third-order valence-corrected chi connectivity index (χ3v) is 3.69. The van der Waals surface area contributed by atoms with Crippen molar-refractivity contribution in [2.24, 2.45) is 0 Å². The van der Waals surface area contributed by atoms with Crippen molar-refractivity contribution < 1.29 is 67.8 Å². The van der Waals surface area contributed by atoms with E-state index in [0.29, 0.717) is 10.8 Å². The zero-order chi connectivity index (χ0) is 25.0. The van der Waals surface area contributed by atoms with Crippen molar-refractivity contribution in [1.29, 1.82) is 0 Å². The molecule has 3 atom stereocenters. The molecule has 0 aliphatic carbocycles. The van der Waals surface area contributed by atoms with Gasteiger partial charge in [0.2, 0.25) is 0 Å². The molecule has 2 heterocycles. The van der Waals surface area contributed by atoms with Crippen molar-refractivity contribution in [2.75, 3.05) is 31.9 Å². The number of carbonyl (C=O) groups excluding carboxylic acids is 3. The SMILES string of the molecule is COC(=O)CC(O)CI.COC(=O)CC1CO1.C[Si](C)(C)I.O=C1C[C@H](O)CO1.[O]=[Ag]. The van der Waals surface area contributed by atoms with Gasteiger partial charge in [-0.3, -0.25) is 14.4 Å². The van der Waals surface area contributed by atoms with Crippen LogP contribution in [0.2, 0.25) is 19.6 Å². The molecule has 0 aromatic heterocycles. The van der Waals surface area contributed by atoms with Gasteiger partial charge in [0.25, 0.3) is 0 Å². The number of ether oxygens (including phenoxy) is 4. The molecule has 2 N–H and O–H groups in total. The second-order valence-electron chi connectivity index (χ2n) is 6.93. The first kappa shape index (κ1) is 36.1. The van der Waals surface area contributed by atoms with E-state index in [2.05, 4.69) is 55.6 Å². The van der Waals surface area contributed by atoms with E-state index in [0.717, 1.165) is 6.61 Å². The first-order valence-corrected chi connectivity index (χ1v) is 17.7. The monoisotopic (exact) mass is 785 g/mol. The van der Waals surface area contributed by atoms with Gasteiger partial charge in [0.15, 0.2) is 0 Å². The van der Waals surface area contributed by atoms with Crippen molar-refractivity contribution in [3.8, 4) is 0 Å². The number of cyclic esters (lactones) is 1. The summed E-state index contributed by atoms with van der Waals surface area (Å²) in [5.41, 5.74) is -0.641. The first-order chi connectivity index (χ1) is 14.3. The summed E-state index contributed by atoms with van der Waals surface area (Å²) in [4.78, 5) is 30.8. The summed E-state index contributed by atoms with van der Waals surface area (Å²) < 4.78 is 26.5. The number of esters is 3. The molecule has 2 fully saturated rings. The zero-order valence-corrected chi connectivity index (χ0v) is 25.0. The minimum atomic E-state index is -0.641. The molecule has 2 unspecified atom stereocenters. The van der Waals surface area contributed by atoms with Crippen molar-refractivity contribution in [3.63, 3.8) is 0 Å². The third-order valence-electron chi connectivity index (χ3n) is 2.67. The van der Waals surface area contributed by atoms with Crippen LogP contribution in [0.1, 0.15) is 19.3 Å². The standard InChI is InChI=1S/C5H9IO3.C5H8O3.C4H6O3.C3H9ISi.Ag.O/c1-9-5(8)2-4(7)3-6;1-7-5(6)2-4-3-8-4;5-3-1-4(6)7-2-3;1-5(2,3)4;;/h4,7H,2-3H2,1H3;4H,2-3H2,1H3;3,5H,1-2H2;1-3H3;;/t;;3-;;;/m..0.../s1. The van der Waals surface area contributed by atoms with Crippen LogP contribution < -0.4 is 0 Å². The fraction of sp³-hybridized carbons (Fsp3) is 0.824. The van der Waals surface area contributed by atoms with Gasteiger partial charge in [0, 0.05) is 4.43 Å². The Hall–Kier alpha value is 0.507. The summed E-state index contributed by atoms with van der Waals surface area (Å²) in [6.45, 7) is 7.84. The van der Waals surface area contributed by atoms with Crippen LogP contribution in [0.4, 0.5) is 0 Å². The fourth-order valence-corrected chi connectivity index (χ4v) is 1.60. The Kier molecular flexibility index (Phi) is 26.0. The molecule has 0 spiro atoms. The summed E-state index contributed by atoms with van der Waals surface area (Å²) in [5.74, 6) is -0.848. The molecule has 0 amide bonds. The van der Waals surface area contributed by atoms with Crippen molar-refractivity contribution in [3.05, 3.63) is 0 Å². The number of epoxide rings is 1. The number of carbonyl (C=O) groups is 3. The first-order valence-electron chi connectivity index (χ1n) is 8.96. The molecule has 2 aliphatic rings. The van der Waals surface area contributed by atoms with Gasteiger partial charge in [0.05, 0.1) is 58.4 Å². The summed E-state index contributed by atoms with van der Waals surface area (Å²) >= 11 is 6.22. The molecule has 0 saturated carbocycles. The van der Waals surface area contributed by atoms with Crippen LogP contribution in [0.25, 0.3) is 0 Å². The number of rotatable bonds is 5. The van der Waals surface area contributed by atoms with Crippen LogP contribution in [0, 0.1) is 0 Å². The molecule has 189 valence electrons. The number of methoxy groups -OCH3 is 2. The Bertz CT molecular complexity index is 498. The van der Waals surface area contributed by atoms with Crippen LogP contribution >= 0.6 is 44.4 Å². The number of hydrogen-bond acceptors (Lipinski definition) is 10. The molecule has 0 radical (unpaired) electrons. The molecular formula is C17H32AgI2O10Si. The number of aliphatic hydroxyl groups excluding tert-OH is 2. The second kappa shape index (κ2) is 22.3. The maximum absolute atomic E-state index is 10.4. The van der Waals surface area contributed by atoms with Gasteiger partial charge >= 0.3 is 42.2 Å². The van der Waals surface area contributed by atoms with E-state index in [1.165, 1.54) is 14.2 Å². The molecule has 0 bridgehead atoms. The van der Waals surface area contributed by atoms with Crippen molar-refractivity contribution in [2.45, 2.75) is 57.2 Å². The van der Waals surface area contributed by atoms with Crippen LogP contribution in [0.5, 0.6) is 0 Å². The van der Waals surface area contributed by atoms with Crippen LogP contribution in [-0.4, -0.2) is 83.9 Å². The number of halogens is 2. The Balaban J connectivity index is -0.000000334. The molecule has 10 nitrogen and oxygen atoms in total. The Morgan fingerprint density at radius 1 is 1.19 bits per heavy atom. The third kappa shape index (κ3) is 35.3. The number of hydrogen-bond donors (Lipinski definition) is 2. The average Bonchev–Trinajstić information content (AvgIpc) is 3.43. The Morgan fingerprint density at radius 3 is 1.87 bits per heavy atom. The normalized spacial score (nSPS) is 19.1. The number of alkyl halides is 1. The Morgan fingerprint density at radius 2 is 1.65 bits per heavy atom. The molecule has 31 heavy (non-hydrogen) atoms.